The normalized spacial score (nSPS) is 16.9. The number of nitrogens with one attached hydrogen (secondary N) is 2. The Morgan fingerprint density at radius 1 is 1.33 bits per heavy atom. The van der Waals surface area contributed by atoms with Gasteiger partial charge in [-0.1, -0.05) is 23.8 Å². The predicted octanol–water partition coefficient (Wildman–Crippen LogP) is 3.29. The first-order chi connectivity index (χ1) is 9.56. The molecule has 0 bridgehead atoms. The van der Waals surface area contributed by atoms with Crippen LogP contribution in [-0.2, 0) is 4.79 Å². The van der Waals surface area contributed by atoms with Crippen LogP contribution in [-0.4, -0.2) is 19.0 Å². The van der Waals surface area contributed by atoms with Gasteiger partial charge in [-0.3, -0.25) is 4.79 Å². The Balaban J connectivity index is 0.00000220. The molecule has 1 heterocycles. The van der Waals surface area contributed by atoms with Crippen LogP contribution in [0, 0.1) is 19.8 Å². The zero-order valence-electron chi connectivity index (χ0n) is 13.2. The van der Waals surface area contributed by atoms with Crippen LogP contribution in [0.5, 0.6) is 0 Å². The molecule has 1 amide bonds. The fourth-order valence-corrected chi connectivity index (χ4v) is 3.04. The zero-order chi connectivity index (χ0) is 14.5. The molecule has 21 heavy (non-hydrogen) atoms. The van der Waals surface area contributed by atoms with Gasteiger partial charge in [0.25, 0.3) is 0 Å². The van der Waals surface area contributed by atoms with E-state index >= 15 is 0 Å². The molecular formula is C17H27ClN2O. The van der Waals surface area contributed by atoms with Crippen molar-refractivity contribution in [3.63, 3.8) is 0 Å². The molecule has 118 valence electrons. The molecule has 1 saturated heterocycles. The number of hydrogen-bond donors (Lipinski definition) is 2. The van der Waals surface area contributed by atoms with Crippen LogP contribution < -0.4 is 10.6 Å². The van der Waals surface area contributed by atoms with E-state index in [1.54, 1.807) is 0 Å². The van der Waals surface area contributed by atoms with Crippen LogP contribution in [0.4, 0.5) is 0 Å². The maximum atomic E-state index is 12.1. The standard InChI is InChI=1S/C17H26N2O.ClH/c1-12-4-5-16(13(2)10-12)14(3)19-17(20)11-15-6-8-18-9-7-15;/h4-5,10,14-15,18H,6-9,11H2,1-3H3,(H,19,20);1H. The number of halogens is 1. The van der Waals surface area contributed by atoms with Crippen molar-refractivity contribution in [1.82, 2.24) is 10.6 Å². The quantitative estimate of drug-likeness (QED) is 0.896. The molecule has 0 aromatic heterocycles. The molecule has 4 heteroatoms. The summed E-state index contributed by atoms with van der Waals surface area (Å²) in [6.07, 6.45) is 2.90. The van der Waals surface area contributed by atoms with E-state index in [4.69, 9.17) is 0 Å². The van der Waals surface area contributed by atoms with Gasteiger partial charge in [0.1, 0.15) is 0 Å². The Kier molecular flexibility index (Phi) is 7.20. The number of benzene rings is 1. The van der Waals surface area contributed by atoms with Crippen molar-refractivity contribution in [2.75, 3.05) is 13.1 Å². The lowest BCUT2D eigenvalue weighted by Gasteiger charge is -2.23. The number of carbonyl (C=O) groups excluding carboxylic acids is 1. The number of rotatable bonds is 4. The molecular weight excluding hydrogens is 284 g/mol. The third kappa shape index (κ3) is 5.33. The number of aryl methyl sites for hydroxylation is 2. The van der Waals surface area contributed by atoms with Crippen molar-refractivity contribution in [1.29, 1.82) is 0 Å². The SMILES string of the molecule is Cc1ccc(C(C)NC(=O)CC2CCNCC2)c(C)c1.Cl. The van der Waals surface area contributed by atoms with Gasteiger partial charge in [-0.05, 0) is 63.7 Å². The van der Waals surface area contributed by atoms with Crippen molar-refractivity contribution >= 4 is 18.3 Å². The van der Waals surface area contributed by atoms with Gasteiger partial charge in [0.05, 0.1) is 6.04 Å². The van der Waals surface area contributed by atoms with E-state index in [0.717, 1.165) is 25.9 Å². The van der Waals surface area contributed by atoms with Gasteiger partial charge in [-0.2, -0.15) is 0 Å². The number of piperidine rings is 1. The maximum Gasteiger partial charge on any atom is 0.220 e. The first-order valence-corrected chi connectivity index (χ1v) is 7.63. The molecule has 1 fully saturated rings. The number of carbonyl (C=O) groups is 1. The van der Waals surface area contributed by atoms with Crippen LogP contribution in [0.25, 0.3) is 0 Å². The fourth-order valence-electron chi connectivity index (χ4n) is 3.04. The zero-order valence-corrected chi connectivity index (χ0v) is 14.1. The molecule has 1 unspecified atom stereocenters. The molecule has 0 radical (unpaired) electrons. The van der Waals surface area contributed by atoms with Crippen LogP contribution in [0.1, 0.15) is 48.9 Å². The van der Waals surface area contributed by atoms with Gasteiger partial charge < -0.3 is 10.6 Å². The molecule has 2 N–H and O–H groups in total. The first-order valence-electron chi connectivity index (χ1n) is 7.63. The number of amides is 1. The van der Waals surface area contributed by atoms with E-state index in [1.807, 2.05) is 0 Å². The average Bonchev–Trinajstić information content (AvgIpc) is 2.39. The highest BCUT2D eigenvalue weighted by molar-refractivity contribution is 5.85. The van der Waals surface area contributed by atoms with Crippen LogP contribution in [0.15, 0.2) is 18.2 Å². The topological polar surface area (TPSA) is 41.1 Å². The average molecular weight is 311 g/mol. The predicted molar refractivity (Wildman–Crippen MR) is 89.9 cm³/mol. The van der Waals surface area contributed by atoms with Crippen molar-refractivity contribution in [2.45, 2.75) is 46.1 Å². The third-order valence-corrected chi connectivity index (χ3v) is 4.20. The lowest BCUT2D eigenvalue weighted by atomic mass is 9.94. The minimum atomic E-state index is 0. The molecule has 1 aromatic carbocycles. The van der Waals surface area contributed by atoms with E-state index in [1.165, 1.54) is 16.7 Å². The monoisotopic (exact) mass is 310 g/mol. The number of hydrogen-bond acceptors (Lipinski definition) is 2. The summed E-state index contributed by atoms with van der Waals surface area (Å²) in [6.45, 7) is 8.36. The smallest absolute Gasteiger partial charge is 0.220 e. The Bertz CT molecular complexity index is 470. The van der Waals surface area contributed by atoms with Gasteiger partial charge in [0, 0.05) is 6.42 Å². The van der Waals surface area contributed by atoms with Crippen LogP contribution in [0.3, 0.4) is 0 Å². The maximum absolute atomic E-state index is 12.1. The van der Waals surface area contributed by atoms with Gasteiger partial charge in [0.15, 0.2) is 0 Å². The Morgan fingerprint density at radius 2 is 2.00 bits per heavy atom. The summed E-state index contributed by atoms with van der Waals surface area (Å²) < 4.78 is 0. The molecule has 3 nitrogen and oxygen atoms in total. The van der Waals surface area contributed by atoms with Crippen molar-refractivity contribution in [2.24, 2.45) is 5.92 Å². The Morgan fingerprint density at radius 3 is 2.62 bits per heavy atom. The Labute approximate surface area is 134 Å². The summed E-state index contributed by atoms with van der Waals surface area (Å²) in [5.41, 5.74) is 3.73. The molecule has 1 aliphatic rings. The minimum absolute atomic E-state index is 0. The van der Waals surface area contributed by atoms with Gasteiger partial charge in [0.2, 0.25) is 5.91 Å². The molecule has 0 saturated carbocycles. The largest absolute Gasteiger partial charge is 0.350 e. The molecule has 1 aromatic rings. The van der Waals surface area contributed by atoms with E-state index < -0.39 is 0 Å². The highest BCUT2D eigenvalue weighted by Gasteiger charge is 2.18. The highest BCUT2D eigenvalue weighted by atomic mass is 35.5. The van der Waals surface area contributed by atoms with Gasteiger partial charge in [-0.25, -0.2) is 0 Å². The van der Waals surface area contributed by atoms with E-state index in [9.17, 15) is 4.79 Å². The molecule has 0 spiro atoms. The van der Waals surface area contributed by atoms with Crippen LogP contribution in [0.2, 0.25) is 0 Å². The Hall–Kier alpha value is -1.06. The van der Waals surface area contributed by atoms with Gasteiger partial charge >= 0.3 is 0 Å². The molecule has 1 aliphatic heterocycles. The summed E-state index contributed by atoms with van der Waals surface area (Å²) in [5.74, 6) is 0.729. The summed E-state index contributed by atoms with van der Waals surface area (Å²) in [7, 11) is 0. The molecule has 1 atom stereocenters. The third-order valence-electron chi connectivity index (χ3n) is 4.20. The summed E-state index contributed by atoms with van der Waals surface area (Å²) in [6, 6.07) is 6.49. The van der Waals surface area contributed by atoms with Crippen molar-refractivity contribution in [3.05, 3.63) is 34.9 Å². The second-order valence-corrected chi connectivity index (χ2v) is 6.05. The van der Waals surface area contributed by atoms with E-state index in [2.05, 4.69) is 49.6 Å². The summed E-state index contributed by atoms with van der Waals surface area (Å²) in [4.78, 5) is 12.1. The van der Waals surface area contributed by atoms with E-state index in [0.29, 0.717) is 12.3 Å². The van der Waals surface area contributed by atoms with Gasteiger partial charge in [-0.15, -0.1) is 12.4 Å². The second kappa shape index (κ2) is 8.40. The summed E-state index contributed by atoms with van der Waals surface area (Å²) in [5, 5.41) is 6.48. The lowest BCUT2D eigenvalue weighted by Crippen LogP contribution is -2.33. The molecule has 2 rings (SSSR count). The minimum Gasteiger partial charge on any atom is -0.350 e. The second-order valence-electron chi connectivity index (χ2n) is 6.05. The first kappa shape index (κ1) is 18.0. The van der Waals surface area contributed by atoms with Crippen molar-refractivity contribution < 1.29 is 4.79 Å². The summed E-state index contributed by atoms with van der Waals surface area (Å²) >= 11 is 0. The fraction of sp³-hybridized carbons (Fsp3) is 0.588. The highest BCUT2D eigenvalue weighted by Crippen LogP contribution is 2.20. The lowest BCUT2D eigenvalue weighted by molar-refractivity contribution is -0.122. The molecule has 0 aliphatic carbocycles. The van der Waals surface area contributed by atoms with Crippen molar-refractivity contribution in [3.8, 4) is 0 Å². The van der Waals surface area contributed by atoms with Crippen LogP contribution >= 0.6 is 12.4 Å². The van der Waals surface area contributed by atoms with E-state index in [-0.39, 0.29) is 24.4 Å².